The van der Waals surface area contributed by atoms with Crippen LogP contribution >= 0.6 is 0 Å². The second-order valence-corrected chi connectivity index (χ2v) is 4.15. The topological polar surface area (TPSA) is 43.6 Å². The lowest BCUT2D eigenvalue weighted by molar-refractivity contribution is 0.112. The van der Waals surface area contributed by atoms with Crippen LogP contribution in [0, 0.1) is 0 Å². The molecule has 0 fully saturated rings. The van der Waals surface area contributed by atoms with Gasteiger partial charge in [0.05, 0.1) is 7.11 Å². The highest BCUT2D eigenvalue weighted by Gasteiger charge is 2.11. The number of pyridine rings is 1. The number of rotatable bonds is 3. The van der Waals surface area contributed by atoms with Crippen LogP contribution in [0.15, 0.2) is 48.9 Å². The molecule has 2 heterocycles. The van der Waals surface area contributed by atoms with Crippen molar-refractivity contribution in [2.75, 3.05) is 7.11 Å². The first-order chi connectivity index (χ1) is 9.33. The first-order valence-corrected chi connectivity index (χ1v) is 5.89. The number of aromatic nitrogens is 2. The van der Waals surface area contributed by atoms with Gasteiger partial charge in [0.1, 0.15) is 11.4 Å². The molecule has 0 aliphatic heterocycles. The summed E-state index contributed by atoms with van der Waals surface area (Å²) < 4.78 is 7.17. The van der Waals surface area contributed by atoms with Crippen molar-refractivity contribution in [2.24, 2.45) is 0 Å². The van der Waals surface area contributed by atoms with Crippen LogP contribution in [-0.4, -0.2) is 22.8 Å². The van der Waals surface area contributed by atoms with Crippen LogP contribution in [0.1, 0.15) is 10.4 Å². The van der Waals surface area contributed by atoms with E-state index in [2.05, 4.69) is 4.98 Å². The van der Waals surface area contributed by atoms with Gasteiger partial charge in [-0.1, -0.05) is 18.2 Å². The van der Waals surface area contributed by atoms with Crippen LogP contribution < -0.4 is 4.74 Å². The number of ether oxygens (including phenoxy) is 1. The number of para-hydroxylation sites is 1. The molecule has 0 amide bonds. The van der Waals surface area contributed by atoms with Gasteiger partial charge in [0.15, 0.2) is 6.29 Å². The number of carbonyl (C=O) groups excluding carboxylic acids is 1. The molecule has 4 heteroatoms. The van der Waals surface area contributed by atoms with Crippen molar-refractivity contribution in [1.29, 1.82) is 0 Å². The van der Waals surface area contributed by atoms with Crippen LogP contribution in [0.2, 0.25) is 0 Å². The molecule has 0 atom stereocenters. The Bertz CT molecular complexity index is 747. The van der Waals surface area contributed by atoms with Crippen LogP contribution in [0.4, 0.5) is 0 Å². The summed E-state index contributed by atoms with van der Waals surface area (Å²) in [5.74, 6) is 0.738. The van der Waals surface area contributed by atoms with Crippen LogP contribution in [0.3, 0.4) is 0 Å². The molecular weight excluding hydrogens is 240 g/mol. The third-order valence-electron chi connectivity index (χ3n) is 3.09. The Labute approximate surface area is 110 Å². The predicted molar refractivity (Wildman–Crippen MR) is 72.6 cm³/mol. The smallest absolute Gasteiger partial charge is 0.152 e. The van der Waals surface area contributed by atoms with Gasteiger partial charge in [-0.3, -0.25) is 4.79 Å². The summed E-state index contributed by atoms with van der Waals surface area (Å²) in [5.41, 5.74) is 3.12. The molecule has 0 N–H and O–H groups in total. The van der Waals surface area contributed by atoms with Crippen LogP contribution in [0.5, 0.6) is 5.75 Å². The summed E-state index contributed by atoms with van der Waals surface area (Å²) in [6.07, 6.45) is 6.14. The summed E-state index contributed by atoms with van der Waals surface area (Å²) >= 11 is 0. The summed E-state index contributed by atoms with van der Waals surface area (Å²) in [7, 11) is 1.62. The number of methoxy groups -OCH3 is 1. The number of carbonyl (C=O) groups is 1. The van der Waals surface area contributed by atoms with Gasteiger partial charge < -0.3 is 9.14 Å². The Hall–Kier alpha value is -2.62. The number of aldehydes is 1. The average Bonchev–Trinajstić information content (AvgIpc) is 2.93. The van der Waals surface area contributed by atoms with Crippen molar-refractivity contribution < 1.29 is 9.53 Å². The van der Waals surface area contributed by atoms with Gasteiger partial charge in [-0.05, 0) is 12.1 Å². The van der Waals surface area contributed by atoms with Crippen molar-refractivity contribution >= 4 is 11.9 Å². The number of nitrogens with zero attached hydrogens (tertiary/aromatic N) is 2. The minimum atomic E-state index is 0.606. The molecule has 0 radical (unpaired) electrons. The molecule has 2 aromatic heterocycles. The molecule has 0 saturated carbocycles. The van der Waals surface area contributed by atoms with E-state index in [1.807, 2.05) is 40.9 Å². The van der Waals surface area contributed by atoms with Gasteiger partial charge in [-0.15, -0.1) is 0 Å². The normalized spacial score (nSPS) is 10.6. The number of hydrogen-bond donors (Lipinski definition) is 0. The molecule has 3 aromatic rings. The van der Waals surface area contributed by atoms with E-state index in [9.17, 15) is 4.79 Å². The summed E-state index contributed by atoms with van der Waals surface area (Å²) in [6.45, 7) is 0. The van der Waals surface area contributed by atoms with E-state index in [-0.39, 0.29) is 0 Å². The largest absolute Gasteiger partial charge is 0.496 e. The number of imidazole rings is 1. The minimum Gasteiger partial charge on any atom is -0.496 e. The summed E-state index contributed by atoms with van der Waals surface area (Å²) in [6, 6.07) is 9.51. The number of fused-ring (bicyclic) bond motifs is 1. The standard InChI is InChI=1S/C15H12N2O2/c1-19-14-5-3-2-4-12(14)13-8-15-16-6-7-17(15)9-11(13)10-18/h2-10H,1H3. The molecule has 0 bridgehead atoms. The quantitative estimate of drug-likeness (QED) is 0.673. The fraction of sp³-hybridized carbons (Fsp3) is 0.0667. The van der Waals surface area contributed by atoms with E-state index >= 15 is 0 Å². The molecule has 19 heavy (non-hydrogen) atoms. The van der Waals surface area contributed by atoms with Gasteiger partial charge in [0.25, 0.3) is 0 Å². The molecule has 3 rings (SSSR count). The maximum Gasteiger partial charge on any atom is 0.152 e. The zero-order valence-electron chi connectivity index (χ0n) is 10.4. The van der Waals surface area contributed by atoms with E-state index < -0.39 is 0 Å². The Morgan fingerprint density at radius 2 is 2.11 bits per heavy atom. The van der Waals surface area contributed by atoms with Crippen molar-refractivity contribution in [2.45, 2.75) is 0 Å². The fourth-order valence-electron chi connectivity index (χ4n) is 2.17. The Morgan fingerprint density at radius 1 is 1.26 bits per heavy atom. The molecule has 1 aromatic carbocycles. The zero-order valence-corrected chi connectivity index (χ0v) is 10.4. The van der Waals surface area contributed by atoms with Crippen LogP contribution in [-0.2, 0) is 0 Å². The number of hydrogen-bond acceptors (Lipinski definition) is 3. The van der Waals surface area contributed by atoms with Gasteiger partial charge in [-0.2, -0.15) is 0 Å². The zero-order chi connectivity index (χ0) is 13.2. The summed E-state index contributed by atoms with van der Waals surface area (Å²) in [4.78, 5) is 15.5. The average molecular weight is 252 g/mol. The lowest BCUT2D eigenvalue weighted by Crippen LogP contribution is -1.95. The lowest BCUT2D eigenvalue weighted by atomic mass is 10.0. The van der Waals surface area contributed by atoms with Crippen molar-refractivity contribution in [1.82, 2.24) is 9.38 Å². The van der Waals surface area contributed by atoms with Gasteiger partial charge in [0, 0.05) is 35.3 Å². The predicted octanol–water partition coefficient (Wildman–Crippen LogP) is 2.82. The minimum absolute atomic E-state index is 0.606. The number of benzene rings is 1. The Kier molecular flexibility index (Phi) is 2.76. The molecule has 0 saturated heterocycles. The SMILES string of the molecule is COc1ccccc1-c1cc2nccn2cc1C=O. The molecular formula is C15H12N2O2. The first-order valence-electron chi connectivity index (χ1n) is 5.89. The fourth-order valence-corrected chi connectivity index (χ4v) is 2.17. The molecule has 0 aliphatic carbocycles. The Balaban J connectivity index is 2.30. The second-order valence-electron chi connectivity index (χ2n) is 4.15. The first kappa shape index (κ1) is 11.5. The third-order valence-corrected chi connectivity index (χ3v) is 3.09. The molecule has 0 aliphatic rings. The van der Waals surface area contributed by atoms with E-state index in [0.29, 0.717) is 5.56 Å². The van der Waals surface area contributed by atoms with Crippen molar-refractivity contribution in [3.8, 4) is 16.9 Å². The van der Waals surface area contributed by atoms with E-state index in [1.165, 1.54) is 0 Å². The van der Waals surface area contributed by atoms with Gasteiger partial charge in [0.2, 0.25) is 0 Å². The molecule has 4 nitrogen and oxygen atoms in total. The van der Waals surface area contributed by atoms with Gasteiger partial charge >= 0.3 is 0 Å². The second kappa shape index (κ2) is 4.57. The van der Waals surface area contributed by atoms with Crippen molar-refractivity contribution in [3.05, 3.63) is 54.5 Å². The lowest BCUT2D eigenvalue weighted by Gasteiger charge is -2.10. The van der Waals surface area contributed by atoms with E-state index in [4.69, 9.17) is 4.74 Å². The van der Waals surface area contributed by atoms with E-state index in [1.54, 1.807) is 19.5 Å². The molecule has 0 spiro atoms. The maximum atomic E-state index is 11.3. The molecule has 94 valence electrons. The Morgan fingerprint density at radius 3 is 2.89 bits per heavy atom. The monoisotopic (exact) mass is 252 g/mol. The van der Waals surface area contributed by atoms with Crippen LogP contribution in [0.25, 0.3) is 16.8 Å². The maximum absolute atomic E-state index is 11.3. The highest BCUT2D eigenvalue weighted by Crippen LogP contribution is 2.32. The van der Waals surface area contributed by atoms with Gasteiger partial charge in [-0.25, -0.2) is 4.98 Å². The highest BCUT2D eigenvalue weighted by atomic mass is 16.5. The van der Waals surface area contributed by atoms with Crippen molar-refractivity contribution in [3.63, 3.8) is 0 Å². The molecule has 0 unspecified atom stereocenters. The third kappa shape index (κ3) is 1.87. The summed E-state index contributed by atoms with van der Waals surface area (Å²) in [5, 5.41) is 0. The van der Waals surface area contributed by atoms with E-state index in [0.717, 1.165) is 28.8 Å². The highest BCUT2D eigenvalue weighted by molar-refractivity contribution is 5.90.